The molecule has 1 aromatic carbocycles. The molecule has 0 N–H and O–H groups in total. The van der Waals surface area contributed by atoms with Gasteiger partial charge >= 0.3 is 0 Å². The highest BCUT2D eigenvalue weighted by molar-refractivity contribution is 5.95. The summed E-state index contributed by atoms with van der Waals surface area (Å²) >= 11 is 0. The molecule has 6 heteroatoms. The van der Waals surface area contributed by atoms with Crippen LogP contribution in [0.2, 0.25) is 0 Å². The fourth-order valence-corrected chi connectivity index (χ4v) is 3.98. The van der Waals surface area contributed by atoms with Gasteiger partial charge in [0.05, 0.1) is 5.41 Å². The number of benzene rings is 1. The summed E-state index contributed by atoms with van der Waals surface area (Å²) in [5.74, 6) is -0.528. The Hall–Kier alpha value is -2.76. The van der Waals surface area contributed by atoms with Crippen LogP contribution in [0.4, 0.5) is 4.39 Å². The van der Waals surface area contributed by atoms with E-state index in [-0.39, 0.29) is 11.8 Å². The molecule has 26 heavy (non-hydrogen) atoms. The topological polar surface area (TPSA) is 53.5 Å². The Bertz CT molecular complexity index is 842. The van der Waals surface area contributed by atoms with E-state index in [1.165, 1.54) is 18.2 Å². The fourth-order valence-electron chi connectivity index (χ4n) is 3.98. The van der Waals surface area contributed by atoms with E-state index in [0.29, 0.717) is 38.2 Å². The number of likely N-dealkylation sites (tertiary alicyclic amines) is 2. The predicted octanol–water partition coefficient (Wildman–Crippen LogP) is 2.49. The van der Waals surface area contributed by atoms with Crippen LogP contribution in [0.25, 0.3) is 0 Å². The van der Waals surface area contributed by atoms with E-state index in [9.17, 15) is 14.0 Å². The van der Waals surface area contributed by atoms with Gasteiger partial charge in [-0.05, 0) is 42.7 Å². The zero-order valence-corrected chi connectivity index (χ0v) is 14.4. The van der Waals surface area contributed by atoms with Crippen LogP contribution in [0.15, 0.2) is 48.8 Å². The van der Waals surface area contributed by atoms with Crippen molar-refractivity contribution < 1.29 is 14.0 Å². The highest BCUT2D eigenvalue weighted by Crippen LogP contribution is 2.41. The zero-order chi connectivity index (χ0) is 18.1. The van der Waals surface area contributed by atoms with E-state index in [0.717, 1.165) is 12.0 Å². The second kappa shape index (κ2) is 6.52. The van der Waals surface area contributed by atoms with Crippen LogP contribution in [-0.4, -0.2) is 46.2 Å². The molecule has 5 nitrogen and oxygen atoms in total. The molecule has 1 spiro atoms. The molecule has 2 fully saturated rings. The van der Waals surface area contributed by atoms with Gasteiger partial charge in [0.15, 0.2) is 0 Å². The smallest absolute Gasteiger partial charge is 0.253 e. The SMILES string of the molecule is O=C(c1cccc(F)c1)N1CCC2(CCN(Cc3cccnc3)C2=O)C1. The van der Waals surface area contributed by atoms with E-state index >= 15 is 0 Å². The molecule has 0 radical (unpaired) electrons. The highest BCUT2D eigenvalue weighted by Gasteiger charge is 2.51. The maximum Gasteiger partial charge on any atom is 0.253 e. The summed E-state index contributed by atoms with van der Waals surface area (Å²) in [4.78, 5) is 33.3. The van der Waals surface area contributed by atoms with E-state index in [1.54, 1.807) is 23.4 Å². The first-order valence-corrected chi connectivity index (χ1v) is 8.81. The summed E-state index contributed by atoms with van der Waals surface area (Å²) in [5, 5.41) is 0. The average molecular weight is 353 g/mol. The Morgan fingerprint density at radius 1 is 1.19 bits per heavy atom. The van der Waals surface area contributed by atoms with Crippen molar-refractivity contribution in [2.75, 3.05) is 19.6 Å². The Labute approximate surface area is 151 Å². The number of halogens is 1. The lowest BCUT2D eigenvalue weighted by molar-refractivity contribution is -0.135. The van der Waals surface area contributed by atoms with Crippen molar-refractivity contribution in [3.8, 4) is 0 Å². The number of aromatic nitrogens is 1. The summed E-state index contributed by atoms with van der Waals surface area (Å²) in [6.45, 7) is 2.18. The van der Waals surface area contributed by atoms with Crippen molar-refractivity contribution in [2.24, 2.45) is 5.41 Å². The van der Waals surface area contributed by atoms with Crippen LogP contribution < -0.4 is 0 Å². The van der Waals surface area contributed by atoms with Gasteiger partial charge in [-0.3, -0.25) is 14.6 Å². The zero-order valence-electron chi connectivity index (χ0n) is 14.4. The van der Waals surface area contributed by atoms with Gasteiger partial charge in [0.25, 0.3) is 5.91 Å². The average Bonchev–Trinajstić information content (AvgIpc) is 3.22. The van der Waals surface area contributed by atoms with Crippen LogP contribution in [0.1, 0.15) is 28.8 Å². The van der Waals surface area contributed by atoms with E-state index in [1.807, 2.05) is 17.0 Å². The molecule has 0 saturated carbocycles. The second-order valence-corrected chi connectivity index (χ2v) is 7.11. The first kappa shape index (κ1) is 16.7. The first-order valence-electron chi connectivity index (χ1n) is 8.81. The minimum absolute atomic E-state index is 0.107. The third-order valence-corrected chi connectivity index (χ3v) is 5.41. The van der Waals surface area contributed by atoms with E-state index in [4.69, 9.17) is 0 Å². The van der Waals surface area contributed by atoms with E-state index < -0.39 is 11.2 Å². The Balaban J connectivity index is 1.46. The van der Waals surface area contributed by atoms with Crippen LogP contribution in [0, 0.1) is 11.2 Å². The first-order chi connectivity index (χ1) is 12.6. The third kappa shape index (κ3) is 2.96. The Kier molecular flexibility index (Phi) is 4.18. The van der Waals surface area contributed by atoms with E-state index in [2.05, 4.69) is 4.98 Å². The van der Waals surface area contributed by atoms with Gasteiger partial charge in [0.2, 0.25) is 5.91 Å². The highest BCUT2D eigenvalue weighted by atomic mass is 19.1. The Morgan fingerprint density at radius 2 is 2.04 bits per heavy atom. The number of nitrogens with zero attached hydrogens (tertiary/aromatic N) is 3. The van der Waals surface area contributed by atoms with Crippen molar-refractivity contribution in [1.29, 1.82) is 0 Å². The van der Waals surface area contributed by atoms with Crippen molar-refractivity contribution in [3.63, 3.8) is 0 Å². The van der Waals surface area contributed by atoms with Crippen LogP contribution in [0.5, 0.6) is 0 Å². The maximum absolute atomic E-state index is 13.4. The van der Waals surface area contributed by atoms with Crippen LogP contribution >= 0.6 is 0 Å². The molecular formula is C20H20FN3O2. The van der Waals surface area contributed by atoms with Crippen molar-refractivity contribution in [3.05, 3.63) is 65.7 Å². The minimum atomic E-state index is -0.495. The molecule has 1 atom stereocenters. The molecule has 3 heterocycles. The number of amides is 2. The molecule has 0 bridgehead atoms. The number of carbonyl (C=O) groups is 2. The molecule has 2 aromatic rings. The van der Waals surface area contributed by atoms with Crippen LogP contribution in [-0.2, 0) is 11.3 Å². The number of hydrogen-bond acceptors (Lipinski definition) is 3. The summed E-state index contributed by atoms with van der Waals surface area (Å²) in [5.41, 5.74) is 0.842. The summed E-state index contributed by atoms with van der Waals surface area (Å²) in [6, 6.07) is 9.53. The van der Waals surface area contributed by atoms with Crippen molar-refractivity contribution >= 4 is 11.8 Å². The normalized spacial score (nSPS) is 22.4. The lowest BCUT2D eigenvalue weighted by Gasteiger charge is -2.23. The maximum atomic E-state index is 13.4. The quantitative estimate of drug-likeness (QED) is 0.852. The molecule has 1 aromatic heterocycles. The fraction of sp³-hybridized carbons (Fsp3) is 0.350. The van der Waals surface area contributed by atoms with Gasteiger partial charge in [0.1, 0.15) is 5.82 Å². The van der Waals surface area contributed by atoms with Gasteiger partial charge in [-0.15, -0.1) is 0 Å². The molecule has 2 amide bonds. The van der Waals surface area contributed by atoms with Gasteiger partial charge in [-0.2, -0.15) is 0 Å². The molecule has 2 aliphatic heterocycles. The summed E-state index contributed by atoms with van der Waals surface area (Å²) in [7, 11) is 0. The largest absolute Gasteiger partial charge is 0.338 e. The molecule has 1 unspecified atom stereocenters. The third-order valence-electron chi connectivity index (χ3n) is 5.41. The number of carbonyl (C=O) groups excluding carboxylic acids is 2. The lowest BCUT2D eigenvalue weighted by atomic mass is 9.85. The predicted molar refractivity (Wildman–Crippen MR) is 93.6 cm³/mol. The molecule has 0 aliphatic carbocycles. The Morgan fingerprint density at radius 3 is 2.81 bits per heavy atom. The second-order valence-electron chi connectivity index (χ2n) is 7.11. The number of hydrogen-bond donors (Lipinski definition) is 0. The minimum Gasteiger partial charge on any atom is -0.338 e. The standard InChI is InChI=1S/C20H20FN3O2/c21-17-5-1-4-16(11-17)18(25)24-10-7-20(14-24)6-9-23(19(20)26)13-15-3-2-8-22-12-15/h1-5,8,11-12H,6-7,9-10,13-14H2. The number of rotatable bonds is 3. The van der Waals surface area contributed by atoms with Crippen molar-refractivity contribution in [2.45, 2.75) is 19.4 Å². The number of pyridine rings is 1. The molecule has 134 valence electrons. The molecule has 4 rings (SSSR count). The molecule has 2 aliphatic rings. The van der Waals surface area contributed by atoms with Gasteiger partial charge in [0, 0.05) is 44.1 Å². The molecule has 2 saturated heterocycles. The van der Waals surface area contributed by atoms with Gasteiger partial charge in [-0.1, -0.05) is 12.1 Å². The molecular weight excluding hydrogens is 333 g/mol. The summed E-state index contributed by atoms with van der Waals surface area (Å²) < 4.78 is 13.4. The van der Waals surface area contributed by atoms with Gasteiger partial charge < -0.3 is 9.80 Å². The van der Waals surface area contributed by atoms with Crippen LogP contribution in [0.3, 0.4) is 0 Å². The van der Waals surface area contributed by atoms with Crippen molar-refractivity contribution in [1.82, 2.24) is 14.8 Å². The van der Waals surface area contributed by atoms with Gasteiger partial charge in [-0.25, -0.2) is 4.39 Å². The monoisotopic (exact) mass is 353 g/mol. The lowest BCUT2D eigenvalue weighted by Crippen LogP contribution is -2.38. The summed E-state index contributed by atoms with van der Waals surface area (Å²) in [6.07, 6.45) is 4.89.